The number of aromatic nitrogens is 2. The maximum absolute atomic E-state index is 12.2. The van der Waals surface area contributed by atoms with Crippen LogP contribution < -0.4 is 0 Å². The Bertz CT molecular complexity index is 1960. The van der Waals surface area contributed by atoms with Gasteiger partial charge >= 0.3 is 0 Å². The minimum atomic E-state index is -0.337. The van der Waals surface area contributed by atoms with Crippen LogP contribution in [0.15, 0.2) is 78.3 Å². The molecule has 0 aliphatic carbocycles. The number of allylic oxidation sites excluding steroid dienone is 2. The monoisotopic (exact) mass is 882 g/mol. The summed E-state index contributed by atoms with van der Waals surface area (Å²) in [5, 5.41) is 16.0. The van der Waals surface area contributed by atoms with Crippen molar-refractivity contribution in [2.45, 2.75) is 114 Å². The molecule has 0 unspecified atom stereocenters. The fourth-order valence-electron chi connectivity index (χ4n) is 6.23. The van der Waals surface area contributed by atoms with E-state index in [0.717, 1.165) is 48.7 Å². The van der Waals surface area contributed by atoms with Crippen LogP contribution in [0.4, 0.5) is 0 Å². The van der Waals surface area contributed by atoms with E-state index in [1.54, 1.807) is 0 Å². The van der Waals surface area contributed by atoms with Crippen molar-refractivity contribution >= 4 is 38.0 Å². The second-order valence-electron chi connectivity index (χ2n) is 15.7. The van der Waals surface area contributed by atoms with Crippen LogP contribution in [0.25, 0.3) is 43.2 Å². The van der Waals surface area contributed by atoms with Crippen molar-refractivity contribution in [1.82, 2.24) is 9.97 Å². The Morgan fingerprint density at radius 3 is 2.16 bits per heavy atom. The number of nitrogens with zero attached hydrogens (tertiary/aromatic N) is 2. The summed E-state index contributed by atoms with van der Waals surface area (Å²) in [4.78, 5) is 21.5. The van der Waals surface area contributed by atoms with Crippen LogP contribution in [0.2, 0.25) is 0 Å². The first kappa shape index (κ1) is 42.2. The summed E-state index contributed by atoms with van der Waals surface area (Å²) >= 11 is 1.82. The van der Waals surface area contributed by atoms with Crippen molar-refractivity contribution in [2.75, 3.05) is 0 Å². The van der Waals surface area contributed by atoms with Crippen LogP contribution in [0.1, 0.15) is 113 Å². The summed E-state index contributed by atoms with van der Waals surface area (Å²) < 4.78 is 1.35. The molecule has 51 heavy (non-hydrogen) atoms. The minimum absolute atomic E-state index is 0. The van der Waals surface area contributed by atoms with Gasteiger partial charge < -0.3 is 5.11 Å². The molecule has 0 aliphatic heterocycles. The Hall–Kier alpha value is -3.18. The average Bonchev–Trinajstić information content (AvgIpc) is 3.55. The van der Waals surface area contributed by atoms with Crippen LogP contribution in [-0.4, -0.2) is 20.9 Å². The Labute approximate surface area is 324 Å². The third kappa shape index (κ3) is 9.63. The number of aliphatic hydroxyl groups is 1. The van der Waals surface area contributed by atoms with Crippen LogP contribution in [-0.2, 0) is 36.7 Å². The summed E-state index contributed by atoms with van der Waals surface area (Å²) in [7, 11) is 0. The van der Waals surface area contributed by atoms with Crippen LogP contribution in [0, 0.1) is 22.8 Å². The maximum atomic E-state index is 12.2. The number of hydrogen-bond donors (Lipinski definition) is 1. The van der Waals surface area contributed by atoms with Crippen molar-refractivity contribution in [3.05, 3.63) is 95.5 Å². The number of benzene rings is 2. The summed E-state index contributed by atoms with van der Waals surface area (Å²) in [6.45, 7) is 23.4. The molecule has 6 heteroatoms. The predicted molar refractivity (Wildman–Crippen MR) is 215 cm³/mol. The topological polar surface area (TPSA) is 63.1 Å². The minimum Gasteiger partial charge on any atom is -0.512 e. The van der Waals surface area contributed by atoms with Gasteiger partial charge in [-0.15, -0.1) is 40.5 Å². The van der Waals surface area contributed by atoms with Gasteiger partial charge in [-0.25, -0.2) is 0 Å². The van der Waals surface area contributed by atoms with Gasteiger partial charge in [-0.2, -0.15) is 0 Å². The molecule has 0 spiro atoms. The predicted octanol–water partition coefficient (Wildman–Crippen LogP) is 13.1. The second-order valence-corrected chi connectivity index (χ2v) is 16.6. The summed E-state index contributed by atoms with van der Waals surface area (Å²) in [5.74, 6) is 0.893. The fraction of sp³-hybridized carbons (Fsp3) is 0.444. The Kier molecular flexibility index (Phi) is 14.5. The van der Waals surface area contributed by atoms with E-state index in [0.29, 0.717) is 5.92 Å². The number of aliphatic hydroxyl groups excluding tert-OH is 1. The quantitative estimate of drug-likeness (QED) is 0.0815. The Morgan fingerprint density at radius 2 is 1.55 bits per heavy atom. The molecule has 275 valence electrons. The fourth-order valence-corrected chi connectivity index (χ4v) is 7.31. The van der Waals surface area contributed by atoms with Crippen LogP contribution >= 0.6 is 11.3 Å². The summed E-state index contributed by atoms with van der Waals surface area (Å²) in [5.41, 5.74) is 6.49. The molecular formula is C45H57IrN2O2S-. The number of ketones is 1. The number of carbonyl (C=O) groups excluding carboxylic acids is 1. The zero-order valence-electron chi connectivity index (χ0n) is 32.5. The Morgan fingerprint density at radius 1 is 0.902 bits per heavy atom. The number of fused-ring (bicyclic) bond motifs is 2. The molecule has 2 aromatic carbocycles. The van der Waals surface area contributed by atoms with Gasteiger partial charge in [0.2, 0.25) is 0 Å². The van der Waals surface area contributed by atoms with E-state index in [2.05, 4.69) is 93.5 Å². The standard InChI is InChI=1S/C30H29N2S.C15H28O2.Ir/c1-19(2)12-23-16-31-17-25-26(18-33-29(23)25)21-10-11-32-28(15-21)22-13-20-8-6-7-9-24(20)27(14-22)30(3,4)5;1-7-14(5,8-2)12(16)11-13(17)15(6,9-3)10-4;/h6-11,14-19H,12H2,1-5H3;11,16H,7-10H2,1-6H3;/q-1;;/b;12-11-;. The molecule has 0 fully saturated rings. The summed E-state index contributed by atoms with van der Waals surface area (Å²) in [6, 6.07) is 18.7. The summed E-state index contributed by atoms with van der Waals surface area (Å²) in [6.07, 6.45) is 11.8. The van der Waals surface area contributed by atoms with Crippen molar-refractivity contribution in [1.29, 1.82) is 0 Å². The van der Waals surface area contributed by atoms with E-state index in [4.69, 9.17) is 4.98 Å². The maximum Gasteiger partial charge on any atom is 0.164 e. The third-order valence-corrected chi connectivity index (χ3v) is 11.8. The van der Waals surface area contributed by atoms with Gasteiger partial charge in [0, 0.05) is 76.9 Å². The first-order chi connectivity index (χ1) is 23.6. The zero-order valence-corrected chi connectivity index (χ0v) is 35.7. The molecule has 4 nitrogen and oxygen atoms in total. The number of thiophene rings is 1. The van der Waals surface area contributed by atoms with E-state index in [-0.39, 0.29) is 47.9 Å². The molecule has 0 saturated carbocycles. The zero-order chi connectivity index (χ0) is 36.9. The first-order valence-electron chi connectivity index (χ1n) is 18.3. The van der Waals surface area contributed by atoms with Gasteiger partial charge in [0.05, 0.1) is 0 Å². The molecular weight excluding hydrogens is 825 g/mol. The molecule has 5 aromatic rings. The number of rotatable bonds is 11. The van der Waals surface area contributed by atoms with Crippen LogP contribution in [0.5, 0.6) is 0 Å². The van der Waals surface area contributed by atoms with Gasteiger partial charge in [-0.05, 0) is 66.0 Å². The molecule has 3 heterocycles. The average molecular weight is 882 g/mol. The molecule has 5 rings (SSSR count). The van der Waals surface area contributed by atoms with Gasteiger partial charge in [0.15, 0.2) is 5.78 Å². The second kappa shape index (κ2) is 17.6. The molecule has 0 saturated heterocycles. The van der Waals surface area contributed by atoms with Gasteiger partial charge in [0.1, 0.15) is 5.76 Å². The van der Waals surface area contributed by atoms with Crippen LogP contribution in [0.3, 0.4) is 0 Å². The smallest absolute Gasteiger partial charge is 0.164 e. The number of pyridine rings is 2. The molecule has 1 N–H and O–H groups in total. The molecule has 0 amide bonds. The van der Waals surface area contributed by atoms with Gasteiger partial charge in [0.25, 0.3) is 0 Å². The first-order valence-corrected chi connectivity index (χ1v) is 19.2. The SMILES string of the molecule is CC(C)Cc1cncc2c(-c3ccnc(-c4[c-]c5ccccc5c(C(C)(C)C)c4)c3)csc12.CCC(C)(CC)C(=O)/C=C(\O)C(C)(CC)CC.[Ir]. The largest absolute Gasteiger partial charge is 0.512 e. The molecule has 3 aromatic heterocycles. The van der Waals surface area contributed by atoms with E-state index < -0.39 is 0 Å². The number of carbonyl (C=O) groups is 1. The molecule has 0 aliphatic rings. The molecule has 0 bridgehead atoms. The number of hydrogen-bond acceptors (Lipinski definition) is 5. The van der Waals surface area contributed by atoms with E-state index in [9.17, 15) is 9.90 Å². The normalized spacial score (nSPS) is 12.5. The van der Waals surface area contributed by atoms with Crippen molar-refractivity contribution < 1.29 is 30.0 Å². The van der Waals surface area contributed by atoms with E-state index >= 15 is 0 Å². The van der Waals surface area contributed by atoms with E-state index in [1.807, 2.05) is 71.5 Å². The van der Waals surface area contributed by atoms with Crippen molar-refractivity contribution in [2.24, 2.45) is 16.7 Å². The van der Waals surface area contributed by atoms with Gasteiger partial charge in [-0.3, -0.25) is 14.8 Å². The third-order valence-electron chi connectivity index (χ3n) is 10.7. The Balaban J connectivity index is 0.000000335. The van der Waals surface area contributed by atoms with Gasteiger partial charge in [-0.1, -0.05) is 111 Å². The van der Waals surface area contributed by atoms with Crippen molar-refractivity contribution in [3.63, 3.8) is 0 Å². The van der Waals surface area contributed by atoms with Crippen molar-refractivity contribution in [3.8, 4) is 22.4 Å². The molecule has 1 radical (unpaired) electrons. The van der Waals surface area contributed by atoms with E-state index in [1.165, 1.54) is 43.8 Å². The molecule has 0 atom stereocenters.